The number of benzene rings is 3. The van der Waals surface area contributed by atoms with Gasteiger partial charge in [0.1, 0.15) is 0 Å². The third kappa shape index (κ3) is 3.39. The van der Waals surface area contributed by atoms with E-state index in [-0.39, 0.29) is 0 Å². The molecule has 6 heteroatoms. The number of hydrogen-bond acceptors (Lipinski definition) is 5. The Balaban J connectivity index is 2.48. The largest absolute Gasteiger partial charge is 0.493 e. The molecule has 144 valence electrons. The van der Waals surface area contributed by atoms with Crippen LogP contribution in [0.25, 0.3) is 21.5 Å². The van der Waals surface area contributed by atoms with E-state index in [9.17, 15) is 0 Å². The van der Waals surface area contributed by atoms with E-state index in [1.807, 2.05) is 24.3 Å². The molecule has 0 bridgehead atoms. The smallest absolute Gasteiger partial charge is 0.161 e. The van der Waals surface area contributed by atoms with Gasteiger partial charge in [-0.05, 0) is 68.5 Å². The predicted octanol–water partition coefficient (Wildman–Crippen LogP) is 4.90. The molecular formula is C21H24BrNO4. The van der Waals surface area contributed by atoms with Gasteiger partial charge in [-0.3, -0.25) is 0 Å². The first-order valence-electron chi connectivity index (χ1n) is 8.72. The Morgan fingerprint density at radius 3 is 1.56 bits per heavy atom. The maximum Gasteiger partial charge on any atom is 0.161 e. The molecule has 0 atom stereocenters. The molecule has 0 aliphatic carbocycles. The van der Waals surface area contributed by atoms with Crippen LogP contribution >= 0.6 is 15.9 Å². The first-order valence-corrected chi connectivity index (χ1v) is 9.51. The molecule has 0 radical (unpaired) electrons. The van der Waals surface area contributed by atoms with Crippen molar-refractivity contribution >= 4 is 37.5 Å². The molecule has 0 saturated heterocycles. The minimum atomic E-state index is 0.687. The number of methoxy groups -OCH3 is 4. The van der Waals surface area contributed by atoms with Crippen LogP contribution in [0, 0.1) is 0 Å². The number of rotatable bonds is 7. The summed E-state index contributed by atoms with van der Waals surface area (Å²) in [5, 5.41) is 7.70. The summed E-state index contributed by atoms with van der Waals surface area (Å²) in [6.07, 6.45) is 0. The van der Waals surface area contributed by atoms with E-state index in [4.69, 9.17) is 18.9 Å². The Bertz CT molecular complexity index is 987. The van der Waals surface area contributed by atoms with Gasteiger partial charge in [-0.2, -0.15) is 0 Å². The summed E-state index contributed by atoms with van der Waals surface area (Å²) in [5.74, 6) is 2.78. The molecule has 1 N–H and O–H groups in total. The quantitative estimate of drug-likeness (QED) is 0.536. The number of ether oxygens (including phenoxy) is 4. The maximum atomic E-state index is 5.54. The van der Waals surface area contributed by atoms with Crippen LogP contribution in [-0.2, 0) is 6.54 Å². The summed E-state index contributed by atoms with van der Waals surface area (Å²) >= 11 is 3.82. The highest BCUT2D eigenvalue weighted by Crippen LogP contribution is 2.44. The van der Waals surface area contributed by atoms with Crippen molar-refractivity contribution in [2.45, 2.75) is 13.5 Å². The molecular weight excluding hydrogens is 410 g/mol. The zero-order valence-electron chi connectivity index (χ0n) is 16.2. The Morgan fingerprint density at radius 1 is 0.704 bits per heavy atom. The summed E-state index contributed by atoms with van der Waals surface area (Å²) < 4.78 is 23.1. The molecule has 0 aromatic heterocycles. The summed E-state index contributed by atoms with van der Waals surface area (Å²) in [5.41, 5.74) is 1.16. The number of halogens is 1. The van der Waals surface area contributed by atoms with Gasteiger partial charge in [0.15, 0.2) is 23.0 Å². The van der Waals surface area contributed by atoms with Gasteiger partial charge in [0, 0.05) is 16.4 Å². The van der Waals surface area contributed by atoms with Crippen LogP contribution in [0.5, 0.6) is 23.0 Å². The molecule has 0 amide bonds. The van der Waals surface area contributed by atoms with Crippen LogP contribution in [0.2, 0.25) is 0 Å². The molecule has 27 heavy (non-hydrogen) atoms. The lowest BCUT2D eigenvalue weighted by molar-refractivity contribution is 0.355. The van der Waals surface area contributed by atoms with Gasteiger partial charge in [0.2, 0.25) is 0 Å². The molecule has 5 nitrogen and oxygen atoms in total. The van der Waals surface area contributed by atoms with Gasteiger partial charge in [0.05, 0.1) is 28.4 Å². The van der Waals surface area contributed by atoms with Crippen LogP contribution in [0.1, 0.15) is 12.5 Å². The van der Waals surface area contributed by atoms with Crippen molar-refractivity contribution in [3.63, 3.8) is 0 Å². The summed E-state index contributed by atoms with van der Waals surface area (Å²) in [6.45, 7) is 3.70. The zero-order valence-corrected chi connectivity index (χ0v) is 17.8. The van der Waals surface area contributed by atoms with Crippen molar-refractivity contribution in [1.82, 2.24) is 5.32 Å². The highest BCUT2D eigenvalue weighted by molar-refractivity contribution is 9.10. The number of hydrogen-bond donors (Lipinski definition) is 1. The third-order valence-corrected chi connectivity index (χ3v) is 5.62. The lowest BCUT2D eigenvalue weighted by Crippen LogP contribution is -2.12. The number of nitrogens with one attached hydrogen (secondary N) is 1. The van der Waals surface area contributed by atoms with Crippen LogP contribution in [0.15, 0.2) is 28.7 Å². The van der Waals surface area contributed by atoms with E-state index >= 15 is 0 Å². The predicted molar refractivity (Wildman–Crippen MR) is 113 cm³/mol. The van der Waals surface area contributed by atoms with Gasteiger partial charge in [-0.1, -0.05) is 6.92 Å². The molecule has 0 unspecified atom stereocenters. The second kappa shape index (κ2) is 8.23. The lowest BCUT2D eigenvalue weighted by atomic mass is 9.96. The Morgan fingerprint density at radius 2 is 1.11 bits per heavy atom. The van der Waals surface area contributed by atoms with Crippen LogP contribution < -0.4 is 24.3 Å². The highest BCUT2D eigenvalue weighted by Gasteiger charge is 2.18. The van der Waals surface area contributed by atoms with E-state index in [0.29, 0.717) is 23.0 Å². The second-order valence-electron chi connectivity index (χ2n) is 6.08. The van der Waals surface area contributed by atoms with Crippen molar-refractivity contribution in [3.8, 4) is 23.0 Å². The minimum absolute atomic E-state index is 0.687. The van der Waals surface area contributed by atoms with Gasteiger partial charge < -0.3 is 24.3 Å². The van der Waals surface area contributed by atoms with Crippen molar-refractivity contribution in [1.29, 1.82) is 0 Å². The van der Waals surface area contributed by atoms with Gasteiger partial charge in [-0.15, -0.1) is 0 Å². The van der Waals surface area contributed by atoms with Crippen molar-refractivity contribution < 1.29 is 18.9 Å². The van der Waals surface area contributed by atoms with Gasteiger partial charge in [-0.25, -0.2) is 0 Å². The number of fused-ring (bicyclic) bond motifs is 3. The zero-order chi connectivity index (χ0) is 19.6. The molecule has 3 rings (SSSR count). The van der Waals surface area contributed by atoms with E-state index < -0.39 is 0 Å². The normalized spacial score (nSPS) is 11.0. The Kier molecular flexibility index (Phi) is 5.97. The summed E-state index contributed by atoms with van der Waals surface area (Å²) in [4.78, 5) is 0. The highest BCUT2D eigenvalue weighted by atomic mass is 79.9. The molecule has 0 heterocycles. The summed E-state index contributed by atoms with van der Waals surface area (Å²) in [7, 11) is 6.59. The van der Waals surface area contributed by atoms with Crippen LogP contribution in [0.3, 0.4) is 0 Å². The van der Waals surface area contributed by atoms with Crippen molar-refractivity contribution in [3.05, 3.63) is 34.3 Å². The molecule has 3 aromatic carbocycles. The Labute approximate surface area is 167 Å². The van der Waals surface area contributed by atoms with Crippen LogP contribution in [0.4, 0.5) is 0 Å². The summed E-state index contributed by atoms with van der Waals surface area (Å²) in [6, 6.07) is 8.06. The maximum absolute atomic E-state index is 5.54. The van der Waals surface area contributed by atoms with E-state index in [2.05, 4.69) is 28.2 Å². The van der Waals surface area contributed by atoms with E-state index in [1.165, 1.54) is 0 Å². The topological polar surface area (TPSA) is 49.0 Å². The van der Waals surface area contributed by atoms with E-state index in [1.54, 1.807) is 28.4 Å². The van der Waals surface area contributed by atoms with Gasteiger partial charge >= 0.3 is 0 Å². The standard InChI is InChI=1S/C21H24BrNO4/c1-6-23-11-16-14-9-19(26-4)17(24-2)7-12(14)13-8-18(25-3)20(27-5)10-15(13)21(16)22/h7-10,23H,6,11H2,1-5H3. The minimum Gasteiger partial charge on any atom is -0.493 e. The fraction of sp³-hybridized carbons (Fsp3) is 0.333. The molecule has 0 aliphatic heterocycles. The fourth-order valence-corrected chi connectivity index (χ4v) is 4.02. The fourth-order valence-electron chi connectivity index (χ4n) is 3.34. The lowest BCUT2D eigenvalue weighted by Gasteiger charge is -2.18. The molecule has 3 aromatic rings. The second-order valence-corrected chi connectivity index (χ2v) is 6.87. The van der Waals surface area contributed by atoms with Crippen LogP contribution in [-0.4, -0.2) is 35.0 Å². The third-order valence-electron chi connectivity index (χ3n) is 4.72. The SMILES string of the molecule is CCNCc1c(Br)c2cc(OC)c(OC)cc2c2cc(OC)c(OC)cc12. The molecule has 0 aliphatic rings. The molecule has 0 saturated carbocycles. The van der Waals surface area contributed by atoms with E-state index in [0.717, 1.165) is 44.7 Å². The average Bonchev–Trinajstić information content (AvgIpc) is 2.71. The first-order chi connectivity index (χ1) is 13.1. The first kappa shape index (κ1) is 19.6. The Hall–Kier alpha value is -2.18. The van der Waals surface area contributed by atoms with Crippen molar-refractivity contribution in [2.75, 3.05) is 35.0 Å². The van der Waals surface area contributed by atoms with Gasteiger partial charge in [0.25, 0.3) is 0 Å². The molecule has 0 fully saturated rings. The average molecular weight is 434 g/mol. The monoisotopic (exact) mass is 433 g/mol. The van der Waals surface area contributed by atoms with Crippen molar-refractivity contribution in [2.24, 2.45) is 0 Å². The molecule has 0 spiro atoms.